The Balaban J connectivity index is 1.74. The molecule has 5 atom stereocenters. The largest absolute Gasteiger partial charge is 0.395 e. The van der Waals surface area contributed by atoms with Crippen molar-refractivity contribution in [1.29, 1.82) is 0 Å². The monoisotopic (exact) mass is 586 g/mol. The van der Waals surface area contributed by atoms with Gasteiger partial charge in [-0.15, -0.1) is 0 Å². The predicted molar refractivity (Wildman–Crippen MR) is 135 cm³/mol. The van der Waals surface area contributed by atoms with Gasteiger partial charge >= 0.3 is 6.18 Å². The van der Waals surface area contributed by atoms with Crippen LogP contribution in [0.25, 0.3) is 0 Å². The van der Waals surface area contributed by atoms with Crippen LogP contribution in [0.5, 0.6) is 0 Å². The summed E-state index contributed by atoms with van der Waals surface area (Å²) in [6.07, 6.45) is -1.03. The highest BCUT2D eigenvalue weighted by molar-refractivity contribution is 5.99. The summed E-state index contributed by atoms with van der Waals surface area (Å²) in [4.78, 5) is 51.9. The minimum absolute atomic E-state index is 0.0708. The molecule has 3 N–H and O–H groups in total. The van der Waals surface area contributed by atoms with Crippen LogP contribution in [0.3, 0.4) is 0 Å². The number of hydrogen-bond acceptors (Lipinski definition) is 9. The van der Waals surface area contributed by atoms with E-state index in [0.717, 1.165) is 6.08 Å². The van der Waals surface area contributed by atoms with Gasteiger partial charge in [0.1, 0.15) is 23.4 Å². The molecule has 0 radical (unpaired) electrons. The lowest BCUT2D eigenvalue weighted by Crippen LogP contribution is -2.58. The number of halogens is 3. The molecule has 0 spiro atoms. The van der Waals surface area contributed by atoms with Crippen LogP contribution in [-0.2, 0) is 28.6 Å². The van der Waals surface area contributed by atoms with E-state index in [0.29, 0.717) is 5.76 Å². The van der Waals surface area contributed by atoms with E-state index in [1.54, 1.807) is 6.92 Å². The van der Waals surface area contributed by atoms with Crippen molar-refractivity contribution in [2.45, 2.75) is 56.6 Å². The maximum absolute atomic E-state index is 13.3. The third kappa shape index (κ3) is 8.71. The van der Waals surface area contributed by atoms with Crippen molar-refractivity contribution < 1.29 is 51.1 Å². The normalized spacial score (nSPS) is 22.2. The Morgan fingerprint density at radius 1 is 1.07 bits per heavy atom. The lowest BCUT2D eigenvalue weighted by Gasteiger charge is -2.26. The maximum atomic E-state index is 13.3. The fraction of sp³-hybridized carbons (Fsp3) is 0.577. The van der Waals surface area contributed by atoms with Crippen molar-refractivity contribution in [3.63, 3.8) is 0 Å². The Kier molecular flexibility index (Phi) is 10.4. The Labute approximate surface area is 234 Å². The molecule has 2 aliphatic rings. The Bertz CT molecular complexity index is 1190. The smallest absolute Gasteiger partial charge is 0.382 e. The summed E-state index contributed by atoms with van der Waals surface area (Å²) >= 11 is 0. The summed E-state index contributed by atoms with van der Waals surface area (Å²) in [6, 6.07) is -2.46. The van der Waals surface area contributed by atoms with Crippen LogP contribution in [0.2, 0.25) is 0 Å². The van der Waals surface area contributed by atoms with E-state index in [2.05, 4.69) is 21.1 Å². The lowest BCUT2D eigenvalue weighted by molar-refractivity contribution is -0.160. The molecule has 0 bridgehead atoms. The molecule has 1 aliphatic heterocycles. The highest BCUT2D eigenvalue weighted by Crippen LogP contribution is 2.35. The highest BCUT2D eigenvalue weighted by Gasteiger charge is 2.50. The number of Topliss-reactive ketones (excluding diaryl/α,β-unsaturated/α-hetero) is 1. The number of amides is 3. The minimum Gasteiger partial charge on any atom is -0.382 e. The zero-order chi connectivity index (χ0) is 30.4. The van der Waals surface area contributed by atoms with E-state index < -0.39 is 59.3 Å². The summed E-state index contributed by atoms with van der Waals surface area (Å²) in [6.45, 7) is 2.62. The van der Waals surface area contributed by atoms with E-state index in [9.17, 15) is 32.3 Å². The van der Waals surface area contributed by atoms with Crippen LogP contribution in [-0.4, -0.2) is 92.6 Å². The molecule has 15 heteroatoms. The van der Waals surface area contributed by atoms with E-state index in [1.807, 2.05) is 0 Å². The van der Waals surface area contributed by atoms with Crippen LogP contribution < -0.4 is 16.0 Å². The number of ketones is 1. The van der Waals surface area contributed by atoms with Crippen molar-refractivity contribution in [3.8, 4) is 0 Å². The molecule has 41 heavy (non-hydrogen) atoms. The van der Waals surface area contributed by atoms with Gasteiger partial charge in [-0.2, -0.15) is 13.2 Å². The molecule has 226 valence electrons. The molecule has 12 nitrogen and oxygen atoms in total. The number of nitrogens with one attached hydrogen (secondary N) is 3. The molecule has 1 saturated heterocycles. The number of alkyl halides is 3. The second-order valence-electron chi connectivity index (χ2n) is 10.00. The number of hydrogen-bond donors (Lipinski definition) is 3. The van der Waals surface area contributed by atoms with Gasteiger partial charge in [-0.25, -0.2) is 0 Å². The number of methoxy groups -OCH3 is 2. The Morgan fingerprint density at radius 2 is 1.66 bits per heavy atom. The molecule has 1 fully saturated rings. The van der Waals surface area contributed by atoms with Crippen LogP contribution in [0.15, 0.2) is 34.4 Å². The van der Waals surface area contributed by atoms with Crippen LogP contribution in [0.1, 0.15) is 36.0 Å². The molecule has 3 amide bonds. The molecular formula is C26H33F3N4O8. The molecule has 0 saturated carbocycles. The van der Waals surface area contributed by atoms with Gasteiger partial charge in [0.15, 0.2) is 11.5 Å². The first-order valence-electron chi connectivity index (χ1n) is 12.7. The number of allylic oxidation sites excluding steroid dienone is 3. The molecule has 0 aromatic carbocycles. The van der Waals surface area contributed by atoms with E-state index in [-0.39, 0.29) is 43.9 Å². The number of aryl methyl sites for hydroxylation is 1. The third-order valence-corrected chi connectivity index (χ3v) is 6.51. The van der Waals surface area contributed by atoms with E-state index in [1.165, 1.54) is 39.4 Å². The van der Waals surface area contributed by atoms with Gasteiger partial charge in [0, 0.05) is 20.3 Å². The maximum Gasteiger partial charge on any atom is 0.395 e. The minimum atomic E-state index is -4.46. The summed E-state index contributed by atoms with van der Waals surface area (Å²) < 4.78 is 60.1. The summed E-state index contributed by atoms with van der Waals surface area (Å²) in [5.74, 6) is -4.21. The first-order valence-corrected chi connectivity index (χ1v) is 12.7. The van der Waals surface area contributed by atoms with Crippen molar-refractivity contribution in [3.05, 3.63) is 41.3 Å². The topological polar surface area (TPSA) is 161 Å². The molecule has 2 heterocycles. The predicted octanol–water partition coefficient (Wildman–Crippen LogP) is 1.16. The number of rotatable bonds is 14. The van der Waals surface area contributed by atoms with Gasteiger partial charge in [-0.3, -0.25) is 19.2 Å². The number of carbonyl (C=O) groups is 4. The van der Waals surface area contributed by atoms with Gasteiger partial charge in [0.2, 0.25) is 11.8 Å². The number of carbonyl (C=O) groups excluding carboxylic acids is 4. The first-order chi connectivity index (χ1) is 19.3. The average molecular weight is 587 g/mol. The zero-order valence-electron chi connectivity index (χ0n) is 23.0. The zero-order valence-corrected chi connectivity index (χ0v) is 23.0. The van der Waals surface area contributed by atoms with E-state index in [4.69, 9.17) is 18.7 Å². The fourth-order valence-corrected chi connectivity index (χ4v) is 4.13. The Morgan fingerprint density at radius 3 is 2.17 bits per heavy atom. The van der Waals surface area contributed by atoms with Crippen molar-refractivity contribution >= 4 is 23.5 Å². The van der Waals surface area contributed by atoms with Gasteiger partial charge in [-0.1, -0.05) is 23.4 Å². The molecular weight excluding hydrogens is 553 g/mol. The first kappa shape index (κ1) is 32.0. The molecule has 3 rings (SSSR count). The molecule has 1 aliphatic carbocycles. The SMILES string of the molecule is COCC(NC(=O)c1cc(C)on1)C(=O)NC(COC)C(=O)N[C@@H](CC1=CC(C(F)(F)F)CC=C1)C(=O)[C@@]1(C)CO1. The molecule has 3 unspecified atom stereocenters. The van der Waals surface area contributed by atoms with Crippen LogP contribution in [0.4, 0.5) is 13.2 Å². The summed E-state index contributed by atoms with van der Waals surface area (Å²) in [5, 5.41) is 11.0. The van der Waals surface area contributed by atoms with Gasteiger partial charge in [0.05, 0.1) is 31.8 Å². The van der Waals surface area contributed by atoms with Crippen LogP contribution >= 0.6 is 0 Å². The molecule has 1 aromatic rings. The van der Waals surface area contributed by atoms with Gasteiger partial charge < -0.3 is 34.7 Å². The molecule has 1 aromatic heterocycles. The van der Waals surface area contributed by atoms with Crippen molar-refractivity contribution in [2.75, 3.05) is 34.0 Å². The third-order valence-electron chi connectivity index (χ3n) is 6.51. The average Bonchev–Trinajstić information content (AvgIpc) is 3.52. The second kappa shape index (κ2) is 13.4. The quantitative estimate of drug-likeness (QED) is 0.272. The van der Waals surface area contributed by atoms with Crippen molar-refractivity contribution in [2.24, 2.45) is 5.92 Å². The highest BCUT2D eigenvalue weighted by atomic mass is 19.4. The van der Waals surface area contributed by atoms with Crippen molar-refractivity contribution in [1.82, 2.24) is 21.1 Å². The van der Waals surface area contributed by atoms with E-state index >= 15 is 0 Å². The van der Waals surface area contributed by atoms with Crippen LogP contribution in [0, 0.1) is 12.8 Å². The van der Waals surface area contributed by atoms with Gasteiger partial charge in [0.25, 0.3) is 5.91 Å². The summed E-state index contributed by atoms with van der Waals surface area (Å²) in [7, 11) is 2.59. The number of aromatic nitrogens is 1. The standard InChI is InChI=1S/C26H33F3N4O8/c1-14-8-18(33-41-14)22(35)31-20(12-39-4)24(37)32-19(11-38-3)23(36)30-17(21(34)25(2)13-40-25)10-15-6-5-7-16(9-15)26(27,28)29/h5-6,8-9,16-17,19-20H,7,10-13H2,1-4H3,(H,30,36)(H,31,35)(H,32,37)/t16?,17-,19?,20?,25+/m0/s1. The second-order valence-corrected chi connectivity index (χ2v) is 10.00. The number of nitrogens with zero attached hydrogens (tertiary/aromatic N) is 1. The number of epoxide rings is 1. The van der Waals surface area contributed by atoms with Gasteiger partial charge in [-0.05, 0) is 32.3 Å². The Hall–Kier alpha value is -3.56. The lowest BCUT2D eigenvalue weighted by atomic mass is 9.89. The summed E-state index contributed by atoms with van der Waals surface area (Å²) in [5.41, 5.74) is -1.04. The number of ether oxygens (including phenoxy) is 3. The fourth-order valence-electron chi connectivity index (χ4n) is 4.13.